The van der Waals surface area contributed by atoms with Crippen LogP contribution in [0.25, 0.3) is 0 Å². The Hall–Kier alpha value is -1.50. The summed E-state index contributed by atoms with van der Waals surface area (Å²) in [5.41, 5.74) is 3.40. The summed E-state index contributed by atoms with van der Waals surface area (Å²) in [5, 5.41) is 1.55. The maximum Gasteiger partial charge on any atom is 0.164 e. The van der Waals surface area contributed by atoms with Gasteiger partial charge in [-0.2, -0.15) is 0 Å². The molecule has 2 aromatic rings. The summed E-state index contributed by atoms with van der Waals surface area (Å²) < 4.78 is 24.1. The summed E-state index contributed by atoms with van der Waals surface area (Å²) in [6.07, 6.45) is 0. The van der Waals surface area contributed by atoms with E-state index in [0.29, 0.717) is 5.02 Å². The number of aliphatic imine (C=N–C) groups is 1. The number of sulfone groups is 1. The van der Waals surface area contributed by atoms with E-state index in [-0.39, 0.29) is 23.6 Å². The zero-order valence-electron chi connectivity index (χ0n) is 14.3. The van der Waals surface area contributed by atoms with Gasteiger partial charge in [-0.15, -0.1) is 0 Å². The van der Waals surface area contributed by atoms with Crippen LogP contribution in [0.3, 0.4) is 0 Å². The number of hydrogen-bond acceptors (Lipinski definition) is 5. The molecule has 1 saturated heterocycles. The fourth-order valence-corrected chi connectivity index (χ4v) is 6.42. The maximum absolute atomic E-state index is 12.1. The van der Waals surface area contributed by atoms with Crippen LogP contribution in [0.4, 0.5) is 5.69 Å². The second kappa shape index (κ2) is 6.91. The number of halogens is 1. The highest BCUT2D eigenvalue weighted by Crippen LogP contribution is 2.36. The first-order valence-electron chi connectivity index (χ1n) is 8.43. The molecule has 0 radical (unpaired) electrons. The first-order chi connectivity index (χ1) is 12.4. The zero-order chi connectivity index (χ0) is 18.3. The van der Waals surface area contributed by atoms with Crippen molar-refractivity contribution >= 4 is 44.1 Å². The van der Waals surface area contributed by atoms with E-state index in [0.717, 1.165) is 16.6 Å². The topological polar surface area (TPSA) is 49.7 Å². The molecule has 0 N–H and O–H groups in total. The smallest absolute Gasteiger partial charge is 0.164 e. The number of benzene rings is 2. The standard InChI is InChI=1S/C19H19ClN2O2S2/c1-13-2-4-14(5-3-13)10-25-19-21-17-11-26(23,24)12-18(17)22(19)16-8-6-15(20)7-9-16/h2-9,17-18H,10-12H2,1H3/t17-,18-/m1/s1. The molecule has 2 aromatic carbocycles. The molecule has 2 aliphatic rings. The van der Waals surface area contributed by atoms with Crippen molar-refractivity contribution in [3.63, 3.8) is 0 Å². The summed E-state index contributed by atoms with van der Waals surface area (Å²) in [6.45, 7) is 2.07. The maximum atomic E-state index is 12.1. The van der Waals surface area contributed by atoms with Crippen LogP contribution in [-0.4, -0.2) is 37.2 Å². The van der Waals surface area contributed by atoms with Gasteiger partial charge < -0.3 is 4.90 Å². The average Bonchev–Trinajstić information content (AvgIpc) is 3.06. The third kappa shape index (κ3) is 3.63. The molecule has 0 spiro atoms. The summed E-state index contributed by atoms with van der Waals surface area (Å²) in [4.78, 5) is 6.83. The number of hydrogen-bond donors (Lipinski definition) is 0. The molecule has 136 valence electrons. The van der Waals surface area contributed by atoms with Gasteiger partial charge in [0.2, 0.25) is 0 Å². The van der Waals surface area contributed by atoms with Crippen LogP contribution in [0.15, 0.2) is 53.5 Å². The molecule has 7 heteroatoms. The number of aryl methyl sites for hydroxylation is 1. The molecule has 0 aliphatic carbocycles. The van der Waals surface area contributed by atoms with Gasteiger partial charge in [0.15, 0.2) is 15.0 Å². The SMILES string of the molecule is Cc1ccc(CSC2=N[C@@H]3CS(=O)(=O)C[C@H]3N2c2ccc(Cl)cc2)cc1. The van der Waals surface area contributed by atoms with Gasteiger partial charge in [0.25, 0.3) is 0 Å². The lowest BCUT2D eigenvalue weighted by molar-refractivity contribution is 0.601. The third-order valence-electron chi connectivity index (χ3n) is 4.70. The molecule has 0 unspecified atom stereocenters. The van der Waals surface area contributed by atoms with Crippen LogP contribution in [0.5, 0.6) is 0 Å². The van der Waals surface area contributed by atoms with Crippen molar-refractivity contribution in [1.82, 2.24) is 0 Å². The lowest BCUT2D eigenvalue weighted by Gasteiger charge is -2.26. The van der Waals surface area contributed by atoms with Gasteiger partial charge in [-0.25, -0.2) is 8.42 Å². The summed E-state index contributed by atoms with van der Waals surface area (Å²) in [5.74, 6) is 1.09. The van der Waals surface area contributed by atoms with Crippen LogP contribution < -0.4 is 4.90 Å². The molecule has 26 heavy (non-hydrogen) atoms. The minimum absolute atomic E-state index is 0.123. The predicted molar refractivity (Wildman–Crippen MR) is 110 cm³/mol. The molecule has 4 nitrogen and oxygen atoms in total. The number of thioether (sulfide) groups is 1. The van der Waals surface area contributed by atoms with E-state index >= 15 is 0 Å². The monoisotopic (exact) mass is 406 g/mol. The largest absolute Gasteiger partial charge is 0.315 e. The van der Waals surface area contributed by atoms with Crippen LogP contribution in [-0.2, 0) is 15.6 Å². The van der Waals surface area contributed by atoms with E-state index < -0.39 is 9.84 Å². The first kappa shape index (κ1) is 17.9. The van der Waals surface area contributed by atoms with Crippen molar-refractivity contribution < 1.29 is 8.42 Å². The number of nitrogens with zero attached hydrogens (tertiary/aromatic N) is 2. The van der Waals surface area contributed by atoms with E-state index in [9.17, 15) is 8.42 Å². The van der Waals surface area contributed by atoms with Crippen LogP contribution >= 0.6 is 23.4 Å². The Morgan fingerprint density at radius 1 is 1.12 bits per heavy atom. The summed E-state index contributed by atoms with van der Waals surface area (Å²) in [7, 11) is -3.03. The quantitative estimate of drug-likeness (QED) is 0.775. The number of amidine groups is 1. The van der Waals surface area contributed by atoms with Crippen molar-refractivity contribution in [1.29, 1.82) is 0 Å². The van der Waals surface area contributed by atoms with Crippen molar-refractivity contribution in [2.75, 3.05) is 16.4 Å². The molecule has 0 bridgehead atoms. The minimum Gasteiger partial charge on any atom is -0.315 e. The van der Waals surface area contributed by atoms with Gasteiger partial charge in [0.1, 0.15) is 0 Å². The predicted octanol–water partition coefficient (Wildman–Crippen LogP) is 3.92. The van der Waals surface area contributed by atoms with Gasteiger partial charge in [-0.1, -0.05) is 53.2 Å². The second-order valence-electron chi connectivity index (χ2n) is 6.74. The van der Waals surface area contributed by atoms with E-state index in [1.807, 2.05) is 24.3 Å². The fraction of sp³-hybridized carbons (Fsp3) is 0.316. The van der Waals surface area contributed by atoms with Crippen molar-refractivity contribution in [2.45, 2.75) is 24.8 Å². The van der Waals surface area contributed by atoms with Crippen LogP contribution in [0.2, 0.25) is 5.02 Å². The lowest BCUT2D eigenvalue weighted by atomic mass is 10.1. The van der Waals surface area contributed by atoms with Gasteiger partial charge in [-0.05, 0) is 36.8 Å². The fourth-order valence-electron chi connectivity index (χ4n) is 3.37. The number of fused-ring (bicyclic) bond motifs is 1. The Labute approximate surface area is 163 Å². The Kier molecular flexibility index (Phi) is 4.75. The molecule has 0 amide bonds. The van der Waals surface area contributed by atoms with E-state index in [4.69, 9.17) is 16.6 Å². The lowest BCUT2D eigenvalue weighted by Crippen LogP contribution is -2.39. The minimum atomic E-state index is -3.03. The first-order valence-corrected chi connectivity index (χ1v) is 11.6. The number of anilines is 1. The molecule has 0 saturated carbocycles. The summed E-state index contributed by atoms with van der Waals surface area (Å²) in [6, 6.07) is 15.7. The number of rotatable bonds is 3. The van der Waals surface area contributed by atoms with E-state index in [2.05, 4.69) is 36.1 Å². The Morgan fingerprint density at radius 2 is 1.81 bits per heavy atom. The van der Waals surface area contributed by atoms with Gasteiger partial charge in [0.05, 0.1) is 23.6 Å². The molecule has 2 atom stereocenters. The highest BCUT2D eigenvalue weighted by atomic mass is 35.5. The molecule has 2 heterocycles. The van der Waals surface area contributed by atoms with Crippen molar-refractivity contribution in [2.24, 2.45) is 4.99 Å². The molecular formula is C19H19ClN2O2S2. The second-order valence-corrected chi connectivity index (χ2v) is 10.3. The summed E-state index contributed by atoms with van der Waals surface area (Å²) >= 11 is 7.67. The van der Waals surface area contributed by atoms with Gasteiger partial charge in [0, 0.05) is 16.5 Å². The highest BCUT2D eigenvalue weighted by molar-refractivity contribution is 8.13. The van der Waals surface area contributed by atoms with E-state index in [1.54, 1.807) is 11.8 Å². The normalized spacial score (nSPS) is 23.8. The van der Waals surface area contributed by atoms with Gasteiger partial charge >= 0.3 is 0 Å². The Balaban J connectivity index is 1.60. The van der Waals surface area contributed by atoms with Crippen LogP contribution in [0.1, 0.15) is 11.1 Å². The van der Waals surface area contributed by atoms with Crippen molar-refractivity contribution in [3.8, 4) is 0 Å². The van der Waals surface area contributed by atoms with E-state index in [1.165, 1.54) is 11.1 Å². The Bertz CT molecular complexity index is 941. The molecule has 0 aromatic heterocycles. The highest BCUT2D eigenvalue weighted by Gasteiger charge is 2.47. The molecule has 4 rings (SSSR count). The third-order valence-corrected chi connectivity index (χ3v) is 7.69. The molecule has 2 aliphatic heterocycles. The van der Waals surface area contributed by atoms with Crippen LogP contribution in [0, 0.1) is 6.92 Å². The van der Waals surface area contributed by atoms with Gasteiger partial charge in [-0.3, -0.25) is 4.99 Å². The zero-order valence-corrected chi connectivity index (χ0v) is 16.7. The average molecular weight is 407 g/mol. The van der Waals surface area contributed by atoms with Crippen molar-refractivity contribution in [3.05, 3.63) is 64.7 Å². The Morgan fingerprint density at radius 3 is 2.50 bits per heavy atom. The molecule has 1 fully saturated rings. The molecular weight excluding hydrogens is 388 g/mol.